The summed E-state index contributed by atoms with van der Waals surface area (Å²) in [4.78, 5) is 26.5. The number of aryl methyl sites for hydroxylation is 1. The van der Waals surface area contributed by atoms with Gasteiger partial charge >= 0.3 is 11.8 Å². The third kappa shape index (κ3) is 5.48. The number of anilines is 2. The Balaban J connectivity index is 2.03. The zero-order valence-electron chi connectivity index (χ0n) is 16.5. The third-order valence-corrected chi connectivity index (χ3v) is 4.13. The van der Waals surface area contributed by atoms with Gasteiger partial charge in [-0.15, -0.1) is 0 Å². The maximum atomic E-state index is 12.3. The van der Waals surface area contributed by atoms with Crippen LogP contribution in [0.1, 0.15) is 31.0 Å². The van der Waals surface area contributed by atoms with Crippen molar-refractivity contribution >= 4 is 23.2 Å². The highest BCUT2D eigenvalue weighted by Crippen LogP contribution is 2.26. The summed E-state index contributed by atoms with van der Waals surface area (Å²) < 4.78 is 5.63. The molecule has 144 valence electrons. The molecule has 27 heavy (non-hydrogen) atoms. The summed E-state index contributed by atoms with van der Waals surface area (Å²) in [5, 5.41) is 5.35. The summed E-state index contributed by atoms with van der Waals surface area (Å²) in [7, 11) is 3.87. The van der Waals surface area contributed by atoms with Gasteiger partial charge in [0, 0.05) is 31.0 Å². The summed E-state index contributed by atoms with van der Waals surface area (Å²) in [5.74, 6) is -0.691. The quantitative estimate of drug-likeness (QED) is 0.767. The number of carbonyl (C=O) groups is 2. The van der Waals surface area contributed by atoms with Crippen molar-refractivity contribution in [2.75, 3.05) is 30.9 Å². The Morgan fingerprint density at radius 1 is 1.07 bits per heavy atom. The highest BCUT2D eigenvalue weighted by atomic mass is 16.5. The molecule has 0 saturated heterocycles. The molecule has 0 aliphatic rings. The minimum Gasteiger partial charge on any atom is -0.494 e. The van der Waals surface area contributed by atoms with Crippen molar-refractivity contribution in [3.8, 4) is 5.75 Å². The summed E-state index contributed by atoms with van der Waals surface area (Å²) >= 11 is 0. The molecule has 0 saturated carbocycles. The highest BCUT2D eigenvalue weighted by molar-refractivity contribution is 6.39. The molecule has 0 spiro atoms. The number of hydrogen-bond donors (Lipinski definition) is 2. The Morgan fingerprint density at radius 3 is 2.33 bits per heavy atom. The normalized spacial score (nSPS) is 11.4. The van der Waals surface area contributed by atoms with E-state index in [0.717, 1.165) is 16.8 Å². The number of rotatable bonds is 6. The van der Waals surface area contributed by atoms with Crippen LogP contribution in [0.15, 0.2) is 42.5 Å². The molecular weight excluding hydrogens is 342 g/mol. The van der Waals surface area contributed by atoms with Gasteiger partial charge in [-0.2, -0.15) is 0 Å². The van der Waals surface area contributed by atoms with Crippen molar-refractivity contribution in [3.63, 3.8) is 0 Å². The number of ether oxygens (including phenoxy) is 1. The molecule has 0 radical (unpaired) electrons. The summed E-state index contributed by atoms with van der Waals surface area (Å²) in [6.07, 6.45) is 0. The predicted octanol–water partition coefficient (Wildman–Crippen LogP) is 3.28. The van der Waals surface area contributed by atoms with Crippen LogP contribution in [-0.4, -0.2) is 32.5 Å². The van der Waals surface area contributed by atoms with Crippen LogP contribution in [0.25, 0.3) is 0 Å². The molecule has 6 nitrogen and oxygen atoms in total. The van der Waals surface area contributed by atoms with Gasteiger partial charge in [-0.3, -0.25) is 9.59 Å². The SMILES string of the molecule is CCOc1ccc(C)cc1C(C)NC(=O)C(=O)Nc1ccc(N(C)C)cc1. The fraction of sp³-hybridized carbons (Fsp3) is 0.333. The van der Waals surface area contributed by atoms with Crippen molar-refractivity contribution in [3.05, 3.63) is 53.6 Å². The first-order valence-corrected chi connectivity index (χ1v) is 8.94. The lowest BCUT2D eigenvalue weighted by Gasteiger charge is -2.18. The topological polar surface area (TPSA) is 70.7 Å². The predicted molar refractivity (Wildman–Crippen MR) is 108 cm³/mol. The zero-order valence-corrected chi connectivity index (χ0v) is 16.5. The molecule has 2 N–H and O–H groups in total. The molecule has 2 amide bonds. The van der Waals surface area contributed by atoms with Crippen LogP contribution in [0.5, 0.6) is 5.75 Å². The molecule has 2 rings (SSSR count). The molecule has 1 unspecified atom stereocenters. The van der Waals surface area contributed by atoms with E-state index < -0.39 is 11.8 Å². The lowest BCUT2D eigenvalue weighted by atomic mass is 10.0. The van der Waals surface area contributed by atoms with Crippen molar-refractivity contribution < 1.29 is 14.3 Å². The average Bonchev–Trinajstić information content (AvgIpc) is 2.63. The van der Waals surface area contributed by atoms with E-state index in [-0.39, 0.29) is 6.04 Å². The van der Waals surface area contributed by atoms with Gasteiger partial charge in [-0.25, -0.2) is 0 Å². The molecule has 0 aliphatic heterocycles. The lowest BCUT2D eigenvalue weighted by Crippen LogP contribution is -2.37. The molecule has 6 heteroatoms. The van der Waals surface area contributed by atoms with Gasteiger partial charge in [0.15, 0.2) is 0 Å². The van der Waals surface area contributed by atoms with E-state index >= 15 is 0 Å². The minimum absolute atomic E-state index is 0.360. The number of nitrogens with zero attached hydrogens (tertiary/aromatic N) is 1. The molecule has 0 aliphatic carbocycles. The van der Waals surface area contributed by atoms with Gasteiger partial charge in [0.25, 0.3) is 0 Å². The second kappa shape index (κ2) is 9.07. The molecule has 0 heterocycles. The third-order valence-electron chi connectivity index (χ3n) is 4.13. The Kier molecular flexibility index (Phi) is 6.82. The fourth-order valence-electron chi connectivity index (χ4n) is 2.66. The van der Waals surface area contributed by atoms with Crippen LogP contribution in [0, 0.1) is 6.92 Å². The Bertz CT molecular complexity index is 801. The maximum Gasteiger partial charge on any atom is 0.313 e. The molecule has 0 bridgehead atoms. The Morgan fingerprint density at radius 2 is 1.74 bits per heavy atom. The Hall–Kier alpha value is -3.02. The molecule has 0 fully saturated rings. The van der Waals surface area contributed by atoms with E-state index in [1.807, 2.05) is 70.1 Å². The maximum absolute atomic E-state index is 12.3. The molecular formula is C21H27N3O3. The van der Waals surface area contributed by atoms with Gasteiger partial charge in [-0.05, 0) is 51.1 Å². The van der Waals surface area contributed by atoms with Gasteiger partial charge in [0.1, 0.15) is 5.75 Å². The highest BCUT2D eigenvalue weighted by Gasteiger charge is 2.19. The van der Waals surface area contributed by atoms with E-state index in [0.29, 0.717) is 18.0 Å². The second-order valence-corrected chi connectivity index (χ2v) is 6.56. The fourth-order valence-corrected chi connectivity index (χ4v) is 2.66. The summed E-state index contributed by atoms with van der Waals surface area (Å²) in [5.41, 5.74) is 3.47. The van der Waals surface area contributed by atoms with Crippen molar-refractivity contribution in [2.24, 2.45) is 0 Å². The van der Waals surface area contributed by atoms with Gasteiger partial charge in [0.05, 0.1) is 12.6 Å². The standard InChI is InChI=1S/C21H27N3O3/c1-6-27-19-12-7-14(2)13-18(19)15(3)22-20(25)21(26)23-16-8-10-17(11-9-16)24(4)5/h7-13,15H,6H2,1-5H3,(H,22,25)(H,23,26). The zero-order chi connectivity index (χ0) is 20.0. The second-order valence-electron chi connectivity index (χ2n) is 6.56. The van der Waals surface area contributed by atoms with E-state index in [2.05, 4.69) is 10.6 Å². The summed E-state index contributed by atoms with van der Waals surface area (Å²) in [6.45, 7) is 6.23. The molecule has 0 aromatic heterocycles. The number of carbonyl (C=O) groups excluding carboxylic acids is 2. The molecule has 1 atom stereocenters. The van der Waals surface area contributed by atoms with Crippen molar-refractivity contribution in [1.29, 1.82) is 0 Å². The first-order chi connectivity index (χ1) is 12.8. The van der Waals surface area contributed by atoms with Crippen molar-refractivity contribution in [2.45, 2.75) is 26.8 Å². The van der Waals surface area contributed by atoms with E-state index in [4.69, 9.17) is 4.74 Å². The van der Waals surface area contributed by atoms with E-state index in [1.165, 1.54) is 0 Å². The minimum atomic E-state index is -0.704. The monoisotopic (exact) mass is 369 g/mol. The van der Waals surface area contributed by atoms with Gasteiger partial charge in [0.2, 0.25) is 0 Å². The van der Waals surface area contributed by atoms with E-state index in [9.17, 15) is 9.59 Å². The first-order valence-electron chi connectivity index (χ1n) is 8.94. The average molecular weight is 369 g/mol. The number of nitrogens with one attached hydrogen (secondary N) is 2. The largest absolute Gasteiger partial charge is 0.494 e. The van der Waals surface area contributed by atoms with Crippen molar-refractivity contribution in [1.82, 2.24) is 5.32 Å². The lowest BCUT2D eigenvalue weighted by molar-refractivity contribution is -0.136. The van der Waals surface area contributed by atoms with Crippen LogP contribution in [0.4, 0.5) is 11.4 Å². The van der Waals surface area contributed by atoms with Gasteiger partial charge in [-0.1, -0.05) is 17.7 Å². The number of hydrogen-bond acceptors (Lipinski definition) is 4. The molecule has 2 aromatic carbocycles. The van der Waals surface area contributed by atoms with Crippen LogP contribution < -0.4 is 20.3 Å². The first kappa shape index (κ1) is 20.3. The molecule has 2 aromatic rings. The van der Waals surface area contributed by atoms with Gasteiger partial charge < -0.3 is 20.3 Å². The van der Waals surface area contributed by atoms with Crippen LogP contribution in [-0.2, 0) is 9.59 Å². The van der Waals surface area contributed by atoms with Crippen LogP contribution in [0.2, 0.25) is 0 Å². The van der Waals surface area contributed by atoms with Crippen LogP contribution >= 0.6 is 0 Å². The summed E-state index contributed by atoms with van der Waals surface area (Å²) in [6, 6.07) is 12.7. The smallest absolute Gasteiger partial charge is 0.313 e. The van der Waals surface area contributed by atoms with Crippen LogP contribution in [0.3, 0.4) is 0 Å². The van der Waals surface area contributed by atoms with E-state index in [1.54, 1.807) is 12.1 Å². The number of benzene rings is 2. The number of amides is 2. The Labute approximate surface area is 160 Å².